The summed E-state index contributed by atoms with van der Waals surface area (Å²) in [6.45, 7) is 8.80. The Kier molecular flexibility index (Phi) is 8.48. The van der Waals surface area contributed by atoms with E-state index in [-0.39, 0.29) is 5.92 Å². The van der Waals surface area contributed by atoms with E-state index in [1.807, 2.05) is 6.92 Å². The van der Waals surface area contributed by atoms with Gasteiger partial charge in [-0.15, -0.1) is 6.58 Å². The number of carboxylic acid groups (broad SMARTS) is 1. The smallest absolute Gasteiger partial charge is 0.320 e. The molecule has 0 rings (SSSR count). The standard InChI is InChI=1S/C5H11NO2.C3H6/c1-3(2)4(6)5(7)8;1-3-2/h3-4H,6H2,1-2H3,(H,7,8);3H,1H2,2H3/t4-;/m0./s1. The van der Waals surface area contributed by atoms with Gasteiger partial charge in [0.15, 0.2) is 0 Å². The van der Waals surface area contributed by atoms with Crippen LogP contribution in [-0.4, -0.2) is 17.1 Å². The van der Waals surface area contributed by atoms with E-state index < -0.39 is 12.0 Å². The van der Waals surface area contributed by atoms with Crippen molar-refractivity contribution in [2.24, 2.45) is 11.7 Å². The van der Waals surface area contributed by atoms with Gasteiger partial charge < -0.3 is 10.8 Å². The Hall–Kier alpha value is -0.830. The first kappa shape index (κ1) is 12.8. The number of nitrogens with two attached hydrogens (primary N) is 1. The van der Waals surface area contributed by atoms with Gasteiger partial charge in [-0.2, -0.15) is 0 Å². The van der Waals surface area contributed by atoms with Crippen LogP contribution < -0.4 is 5.73 Å². The van der Waals surface area contributed by atoms with Crippen molar-refractivity contribution in [3.05, 3.63) is 12.7 Å². The van der Waals surface area contributed by atoms with Gasteiger partial charge in [0.25, 0.3) is 0 Å². The van der Waals surface area contributed by atoms with Crippen LogP contribution in [0.15, 0.2) is 12.7 Å². The summed E-state index contributed by atoms with van der Waals surface area (Å²) in [7, 11) is 0. The van der Waals surface area contributed by atoms with E-state index in [9.17, 15) is 4.79 Å². The molecule has 0 aliphatic rings. The van der Waals surface area contributed by atoms with Crippen molar-refractivity contribution in [3.8, 4) is 0 Å². The molecule has 0 bridgehead atoms. The van der Waals surface area contributed by atoms with Crippen LogP contribution in [0.1, 0.15) is 20.8 Å². The molecule has 11 heavy (non-hydrogen) atoms. The lowest BCUT2D eigenvalue weighted by Crippen LogP contribution is -2.34. The van der Waals surface area contributed by atoms with Crippen molar-refractivity contribution in [1.29, 1.82) is 0 Å². The maximum atomic E-state index is 10.0. The number of rotatable bonds is 2. The lowest BCUT2D eigenvalue weighted by Gasteiger charge is -2.07. The first-order chi connectivity index (χ1) is 4.97. The van der Waals surface area contributed by atoms with Gasteiger partial charge in [-0.1, -0.05) is 19.9 Å². The largest absolute Gasteiger partial charge is 0.480 e. The molecule has 3 heteroatoms. The highest BCUT2D eigenvalue weighted by atomic mass is 16.4. The average Bonchev–Trinajstić information content (AvgIpc) is 1.87. The number of carbonyl (C=O) groups is 1. The molecule has 0 unspecified atom stereocenters. The molecule has 0 amide bonds. The van der Waals surface area contributed by atoms with Crippen LogP contribution in [-0.2, 0) is 4.79 Å². The van der Waals surface area contributed by atoms with Crippen molar-refractivity contribution in [2.75, 3.05) is 0 Å². The first-order valence-electron chi connectivity index (χ1n) is 3.52. The predicted molar refractivity (Wildman–Crippen MR) is 46.3 cm³/mol. The van der Waals surface area contributed by atoms with Crippen molar-refractivity contribution in [1.82, 2.24) is 0 Å². The van der Waals surface area contributed by atoms with Crippen molar-refractivity contribution >= 4 is 5.97 Å². The summed E-state index contributed by atoms with van der Waals surface area (Å²) < 4.78 is 0. The molecular formula is C8H17NO2. The number of hydrogen-bond acceptors (Lipinski definition) is 2. The Morgan fingerprint density at radius 2 is 1.91 bits per heavy atom. The molecule has 0 spiro atoms. The minimum atomic E-state index is -0.931. The van der Waals surface area contributed by atoms with Crippen LogP contribution in [0, 0.1) is 5.92 Å². The molecule has 0 heterocycles. The second-order valence-electron chi connectivity index (χ2n) is 2.52. The Morgan fingerprint density at radius 3 is 1.91 bits per heavy atom. The normalized spacial score (nSPS) is 11.4. The van der Waals surface area contributed by atoms with E-state index in [0.29, 0.717) is 0 Å². The zero-order valence-electron chi connectivity index (χ0n) is 7.37. The van der Waals surface area contributed by atoms with Gasteiger partial charge in [-0.05, 0) is 12.8 Å². The molecule has 66 valence electrons. The van der Waals surface area contributed by atoms with Crippen LogP contribution in [0.4, 0.5) is 0 Å². The summed E-state index contributed by atoms with van der Waals surface area (Å²) in [4.78, 5) is 10.0. The van der Waals surface area contributed by atoms with E-state index in [0.717, 1.165) is 0 Å². The van der Waals surface area contributed by atoms with Crippen LogP contribution in [0.3, 0.4) is 0 Å². The SMILES string of the molecule is C=CC.CC(C)[C@H](N)C(=O)O. The van der Waals surface area contributed by atoms with Gasteiger partial charge in [0, 0.05) is 0 Å². The van der Waals surface area contributed by atoms with E-state index in [2.05, 4.69) is 6.58 Å². The van der Waals surface area contributed by atoms with Gasteiger partial charge in [-0.3, -0.25) is 4.79 Å². The van der Waals surface area contributed by atoms with Gasteiger partial charge in [0.2, 0.25) is 0 Å². The van der Waals surface area contributed by atoms with Gasteiger partial charge in [0.1, 0.15) is 6.04 Å². The lowest BCUT2D eigenvalue weighted by molar-refractivity contribution is -0.139. The second-order valence-corrected chi connectivity index (χ2v) is 2.52. The highest BCUT2D eigenvalue weighted by Crippen LogP contribution is 1.96. The number of hydrogen-bond donors (Lipinski definition) is 2. The number of carboxylic acids is 1. The third-order valence-electron chi connectivity index (χ3n) is 1.00. The predicted octanol–water partition coefficient (Wildman–Crippen LogP) is 1.25. The Balaban J connectivity index is 0. The van der Waals surface area contributed by atoms with E-state index in [4.69, 9.17) is 10.8 Å². The second kappa shape index (κ2) is 7.28. The highest BCUT2D eigenvalue weighted by molar-refractivity contribution is 5.73. The molecule has 0 saturated heterocycles. The van der Waals surface area contributed by atoms with Gasteiger partial charge in [0.05, 0.1) is 0 Å². The Morgan fingerprint density at radius 1 is 1.64 bits per heavy atom. The third kappa shape index (κ3) is 9.17. The topological polar surface area (TPSA) is 63.3 Å². The minimum Gasteiger partial charge on any atom is -0.480 e. The van der Waals surface area contributed by atoms with Crippen LogP contribution >= 0.6 is 0 Å². The molecule has 0 aromatic heterocycles. The molecule has 0 aliphatic carbocycles. The fraction of sp³-hybridized carbons (Fsp3) is 0.625. The molecule has 0 fully saturated rings. The fourth-order valence-electron chi connectivity index (χ4n) is 0.285. The lowest BCUT2D eigenvalue weighted by atomic mass is 10.1. The van der Waals surface area contributed by atoms with Crippen LogP contribution in [0.2, 0.25) is 0 Å². The minimum absolute atomic E-state index is 0.0208. The maximum absolute atomic E-state index is 10.0. The molecule has 0 aromatic rings. The summed E-state index contributed by atoms with van der Waals surface area (Å²) in [6.07, 6.45) is 1.75. The van der Waals surface area contributed by atoms with Crippen molar-refractivity contribution in [3.63, 3.8) is 0 Å². The van der Waals surface area contributed by atoms with E-state index >= 15 is 0 Å². The molecular weight excluding hydrogens is 142 g/mol. The van der Waals surface area contributed by atoms with Crippen molar-refractivity contribution < 1.29 is 9.90 Å². The molecule has 3 N–H and O–H groups in total. The zero-order chi connectivity index (χ0) is 9.44. The maximum Gasteiger partial charge on any atom is 0.320 e. The third-order valence-corrected chi connectivity index (χ3v) is 1.00. The Bertz CT molecular complexity index is 121. The summed E-state index contributed by atoms with van der Waals surface area (Å²) >= 11 is 0. The van der Waals surface area contributed by atoms with Crippen LogP contribution in [0.25, 0.3) is 0 Å². The quantitative estimate of drug-likeness (QED) is 0.596. The highest BCUT2D eigenvalue weighted by Gasteiger charge is 2.14. The number of aliphatic carboxylic acids is 1. The molecule has 0 radical (unpaired) electrons. The summed E-state index contributed by atoms with van der Waals surface area (Å²) in [5.74, 6) is -0.910. The van der Waals surface area contributed by atoms with Gasteiger partial charge >= 0.3 is 5.97 Å². The van der Waals surface area contributed by atoms with Crippen molar-refractivity contribution in [2.45, 2.75) is 26.8 Å². The average molecular weight is 159 g/mol. The molecule has 0 aromatic carbocycles. The van der Waals surface area contributed by atoms with E-state index in [1.54, 1.807) is 19.9 Å². The summed E-state index contributed by atoms with van der Waals surface area (Å²) in [5, 5.41) is 8.23. The molecule has 0 aliphatic heterocycles. The zero-order valence-corrected chi connectivity index (χ0v) is 7.37. The Labute approximate surface area is 67.9 Å². The summed E-state index contributed by atoms with van der Waals surface area (Å²) in [6, 6.07) is -0.713. The van der Waals surface area contributed by atoms with E-state index in [1.165, 1.54) is 0 Å². The molecule has 1 atom stereocenters. The monoisotopic (exact) mass is 159 g/mol. The van der Waals surface area contributed by atoms with Crippen LogP contribution in [0.5, 0.6) is 0 Å². The van der Waals surface area contributed by atoms with Gasteiger partial charge in [-0.25, -0.2) is 0 Å². The summed E-state index contributed by atoms with van der Waals surface area (Å²) in [5.41, 5.74) is 5.16. The fourth-order valence-corrected chi connectivity index (χ4v) is 0.285. The number of allylic oxidation sites excluding steroid dienone is 1. The first-order valence-corrected chi connectivity index (χ1v) is 3.52. The molecule has 3 nitrogen and oxygen atoms in total. The molecule has 0 saturated carbocycles.